The van der Waals surface area contributed by atoms with Gasteiger partial charge in [0.15, 0.2) is 5.90 Å². The van der Waals surface area contributed by atoms with E-state index in [4.69, 9.17) is 4.74 Å². The molecule has 4 heteroatoms. The molecule has 0 aromatic carbocycles. The summed E-state index contributed by atoms with van der Waals surface area (Å²) in [5.41, 5.74) is 0. The van der Waals surface area contributed by atoms with Crippen molar-refractivity contribution in [2.75, 3.05) is 0 Å². The van der Waals surface area contributed by atoms with Gasteiger partial charge in [-0.2, -0.15) is 0 Å². The summed E-state index contributed by atoms with van der Waals surface area (Å²) in [4.78, 5) is 4.01. The fourth-order valence-electron chi connectivity index (χ4n) is 1.33. The van der Waals surface area contributed by atoms with Gasteiger partial charge in [-0.15, -0.1) is 0 Å². The van der Waals surface area contributed by atoms with Crippen LogP contribution >= 0.6 is 15.9 Å². The molecule has 0 saturated heterocycles. The van der Waals surface area contributed by atoms with Crippen molar-refractivity contribution in [1.29, 1.82) is 0 Å². The van der Waals surface area contributed by atoms with Crippen molar-refractivity contribution in [2.24, 2.45) is 4.99 Å². The van der Waals surface area contributed by atoms with E-state index >= 15 is 0 Å². The van der Waals surface area contributed by atoms with Gasteiger partial charge in [0.05, 0.1) is 0 Å². The van der Waals surface area contributed by atoms with Gasteiger partial charge in [0.25, 0.3) is 0 Å². The van der Waals surface area contributed by atoms with Crippen LogP contribution in [0.2, 0.25) is 0 Å². The van der Waals surface area contributed by atoms with E-state index in [1.807, 2.05) is 6.08 Å². The van der Waals surface area contributed by atoms with Crippen LogP contribution in [0.5, 0.6) is 0 Å². The summed E-state index contributed by atoms with van der Waals surface area (Å²) in [5, 5.41) is 0. The van der Waals surface area contributed by atoms with E-state index in [2.05, 4.69) is 20.9 Å². The lowest BCUT2D eigenvalue weighted by molar-refractivity contribution is 0.238. The second-order valence-corrected chi connectivity index (χ2v) is 3.67. The van der Waals surface area contributed by atoms with Crippen LogP contribution < -0.4 is 0 Å². The third kappa shape index (κ3) is 1.20. The summed E-state index contributed by atoms with van der Waals surface area (Å²) in [5.74, 6) is 0.304. The van der Waals surface area contributed by atoms with Crippen LogP contribution in [0.15, 0.2) is 27.5 Å². The highest BCUT2D eigenvalue weighted by Crippen LogP contribution is 2.30. The van der Waals surface area contributed by atoms with Crippen molar-refractivity contribution in [3.05, 3.63) is 22.5 Å². The minimum atomic E-state index is -0.453. The van der Waals surface area contributed by atoms with E-state index in [1.165, 1.54) is 6.08 Å². The first-order chi connectivity index (χ1) is 5.66. The third-order valence-electron chi connectivity index (χ3n) is 1.82. The van der Waals surface area contributed by atoms with Crippen molar-refractivity contribution >= 4 is 21.8 Å². The van der Waals surface area contributed by atoms with E-state index in [0.717, 1.165) is 0 Å². The molecule has 1 heterocycles. The number of hydrogen-bond acceptors (Lipinski definition) is 2. The fraction of sp³-hybridized carbons (Fsp3) is 0.375. The Labute approximate surface area is 77.9 Å². The lowest BCUT2D eigenvalue weighted by Gasteiger charge is -2.16. The first kappa shape index (κ1) is 7.98. The van der Waals surface area contributed by atoms with Crippen molar-refractivity contribution in [3.63, 3.8) is 0 Å². The standard InChI is InChI=1S/C8H7BrFNO/c1-4-11-8-6(10)2-5(9)3-7(8)12-4/h2-3,7-8H,1H3. The van der Waals surface area contributed by atoms with E-state index in [0.29, 0.717) is 10.4 Å². The number of hydrogen-bond donors (Lipinski definition) is 0. The van der Waals surface area contributed by atoms with Gasteiger partial charge < -0.3 is 4.74 Å². The zero-order valence-electron chi connectivity index (χ0n) is 6.42. The van der Waals surface area contributed by atoms with Gasteiger partial charge in [-0.05, 0) is 12.2 Å². The molecular formula is C8H7BrFNO. The summed E-state index contributed by atoms with van der Waals surface area (Å²) in [6, 6.07) is -0.453. The number of fused-ring (bicyclic) bond motifs is 1. The fourth-order valence-corrected chi connectivity index (χ4v) is 1.81. The Kier molecular flexibility index (Phi) is 1.79. The summed E-state index contributed by atoms with van der Waals surface area (Å²) in [6.45, 7) is 1.73. The lowest BCUT2D eigenvalue weighted by atomic mass is 10.1. The highest BCUT2D eigenvalue weighted by molar-refractivity contribution is 9.11. The lowest BCUT2D eigenvalue weighted by Crippen LogP contribution is -2.23. The number of nitrogens with zero attached hydrogens (tertiary/aromatic N) is 1. The molecule has 2 aliphatic rings. The van der Waals surface area contributed by atoms with Crippen LogP contribution in [0.4, 0.5) is 4.39 Å². The second-order valence-electron chi connectivity index (χ2n) is 2.76. The topological polar surface area (TPSA) is 21.6 Å². The number of aliphatic imine (C=N–C) groups is 1. The summed E-state index contributed by atoms with van der Waals surface area (Å²) >= 11 is 3.20. The highest BCUT2D eigenvalue weighted by atomic mass is 79.9. The van der Waals surface area contributed by atoms with Crippen molar-refractivity contribution in [3.8, 4) is 0 Å². The maximum Gasteiger partial charge on any atom is 0.181 e. The van der Waals surface area contributed by atoms with Crippen LogP contribution in [0.1, 0.15) is 6.92 Å². The average molecular weight is 232 g/mol. The maximum atomic E-state index is 13.2. The maximum absolute atomic E-state index is 13.2. The second kappa shape index (κ2) is 2.69. The molecule has 2 nitrogen and oxygen atoms in total. The number of ether oxygens (including phenoxy) is 1. The largest absolute Gasteiger partial charge is 0.471 e. The molecule has 2 rings (SSSR count). The van der Waals surface area contributed by atoms with E-state index in [-0.39, 0.29) is 11.9 Å². The van der Waals surface area contributed by atoms with E-state index in [9.17, 15) is 4.39 Å². The number of allylic oxidation sites excluding steroid dienone is 2. The van der Waals surface area contributed by atoms with Gasteiger partial charge >= 0.3 is 0 Å². The van der Waals surface area contributed by atoms with E-state index < -0.39 is 6.04 Å². The molecule has 2 unspecified atom stereocenters. The SMILES string of the molecule is CC1=NC2C(F)=CC(Br)=CC2O1. The molecule has 0 aromatic heterocycles. The van der Waals surface area contributed by atoms with Gasteiger partial charge in [-0.3, -0.25) is 0 Å². The molecule has 1 aliphatic heterocycles. The smallest absolute Gasteiger partial charge is 0.181 e. The van der Waals surface area contributed by atoms with Crippen LogP contribution in [0.25, 0.3) is 0 Å². The molecule has 0 radical (unpaired) electrons. The summed E-state index contributed by atoms with van der Waals surface area (Å²) in [6.07, 6.45) is 2.98. The minimum Gasteiger partial charge on any atom is -0.471 e. The molecular weight excluding hydrogens is 225 g/mol. The summed E-state index contributed by atoms with van der Waals surface area (Å²) < 4.78 is 19.1. The van der Waals surface area contributed by atoms with Crippen molar-refractivity contribution in [1.82, 2.24) is 0 Å². The van der Waals surface area contributed by atoms with Gasteiger partial charge in [0.2, 0.25) is 0 Å². The van der Waals surface area contributed by atoms with Gasteiger partial charge in [-0.25, -0.2) is 9.38 Å². The molecule has 0 saturated carbocycles. The molecule has 2 atom stereocenters. The molecule has 12 heavy (non-hydrogen) atoms. The first-order valence-corrected chi connectivity index (χ1v) is 4.41. The molecule has 0 spiro atoms. The highest BCUT2D eigenvalue weighted by Gasteiger charge is 2.33. The zero-order valence-corrected chi connectivity index (χ0v) is 8.01. The van der Waals surface area contributed by atoms with Gasteiger partial charge in [0, 0.05) is 11.4 Å². The molecule has 1 aliphatic carbocycles. The van der Waals surface area contributed by atoms with Gasteiger partial charge in [0.1, 0.15) is 18.0 Å². The molecule has 0 aromatic rings. The van der Waals surface area contributed by atoms with Crippen LogP contribution in [-0.4, -0.2) is 18.0 Å². The normalized spacial score (nSPS) is 33.1. The zero-order chi connectivity index (χ0) is 8.72. The monoisotopic (exact) mass is 231 g/mol. The van der Waals surface area contributed by atoms with Crippen LogP contribution in [-0.2, 0) is 4.74 Å². The predicted octanol–water partition coefficient (Wildman–Crippen LogP) is 2.32. The minimum absolute atomic E-state index is 0.244. The molecule has 0 amide bonds. The molecule has 0 fully saturated rings. The Bertz CT molecular complexity index is 308. The number of rotatable bonds is 0. The Morgan fingerprint density at radius 2 is 2.42 bits per heavy atom. The molecule has 64 valence electrons. The number of halogens is 2. The third-order valence-corrected chi connectivity index (χ3v) is 2.31. The van der Waals surface area contributed by atoms with Gasteiger partial charge in [-0.1, -0.05) is 15.9 Å². The van der Waals surface area contributed by atoms with Crippen molar-refractivity contribution in [2.45, 2.75) is 19.1 Å². The average Bonchev–Trinajstić information content (AvgIpc) is 2.29. The van der Waals surface area contributed by atoms with E-state index in [1.54, 1.807) is 6.92 Å². The predicted molar refractivity (Wildman–Crippen MR) is 48.0 cm³/mol. The Morgan fingerprint density at radius 1 is 1.67 bits per heavy atom. The summed E-state index contributed by atoms with van der Waals surface area (Å²) in [7, 11) is 0. The Morgan fingerprint density at radius 3 is 3.17 bits per heavy atom. The Hall–Kier alpha value is -0.640. The molecule has 0 bridgehead atoms. The quantitative estimate of drug-likeness (QED) is 0.628. The van der Waals surface area contributed by atoms with Crippen LogP contribution in [0.3, 0.4) is 0 Å². The Balaban J connectivity index is 2.33. The molecule has 0 N–H and O–H groups in total. The van der Waals surface area contributed by atoms with Crippen LogP contribution in [0, 0.1) is 0 Å². The van der Waals surface area contributed by atoms with Crippen molar-refractivity contribution < 1.29 is 9.13 Å². The first-order valence-electron chi connectivity index (χ1n) is 3.62.